The molecule has 8 heterocycles. The van der Waals surface area contributed by atoms with Crippen molar-refractivity contribution in [3.05, 3.63) is 265 Å². The lowest BCUT2D eigenvalue weighted by Crippen LogP contribution is -2.33. The van der Waals surface area contributed by atoms with Crippen molar-refractivity contribution in [2.45, 2.75) is 103 Å². The van der Waals surface area contributed by atoms with Gasteiger partial charge in [-0.25, -0.2) is 6.57 Å². The molecule has 0 radical (unpaired) electrons. The number of hydrogen-bond donors (Lipinski definition) is 3. The number of amides is 1. The number of rotatable bonds is 28. The van der Waals surface area contributed by atoms with Gasteiger partial charge in [-0.05, 0) is 136 Å². The number of ether oxygens (including phenoxy) is 1. The van der Waals surface area contributed by atoms with Crippen LogP contribution in [0.4, 0.5) is 0 Å². The van der Waals surface area contributed by atoms with Crippen molar-refractivity contribution < 1.29 is 9.53 Å². The first-order valence-corrected chi connectivity index (χ1v) is 29.9. The van der Waals surface area contributed by atoms with Crippen LogP contribution < -0.4 is 16.4 Å². The molecule has 8 aromatic rings. The highest BCUT2D eigenvalue weighted by molar-refractivity contribution is 5.77. The van der Waals surface area contributed by atoms with Crippen molar-refractivity contribution in [2.75, 3.05) is 45.9 Å². The molecular formula is C70H84N16O2. The van der Waals surface area contributed by atoms with Gasteiger partial charge in [0.05, 0.1) is 58.2 Å². The number of hydrogen-bond acceptors (Lipinski definition) is 16. The van der Waals surface area contributed by atoms with Crippen molar-refractivity contribution in [1.82, 2.24) is 65.2 Å². The quantitative estimate of drug-likeness (QED) is 0.0180. The van der Waals surface area contributed by atoms with Crippen molar-refractivity contribution in [3.63, 3.8) is 0 Å². The molecule has 18 nitrogen and oxygen atoms in total. The zero-order chi connectivity index (χ0) is 62.0. The average Bonchev–Trinajstić information content (AvgIpc) is 3.63. The molecule has 456 valence electrons. The van der Waals surface area contributed by atoms with Crippen LogP contribution in [0.15, 0.2) is 208 Å². The predicted molar refractivity (Wildman–Crippen MR) is 346 cm³/mol. The summed E-state index contributed by atoms with van der Waals surface area (Å²) in [4.78, 5) is 57.1. The maximum Gasteiger partial charge on any atom is 0.246 e. The molecule has 1 amide bonds. The number of nitrogens with one attached hydrogen (secondary N) is 2. The van der Waals surface area contributed by atoms with E-state index in [4.69, 9.17) is 22.3 Å². The van der Waals surface area contributed by atoms with E-state index < -0.39 is 0 Å². The minimum Gasteiger partial charge on any atom is -0.356 e. The lowest BCUT2D eigenvalue weighted by Gasteiger charge is -2.21. The minimum absolute atomic E-state index is 0.0743. The SMILES string of the molecule is C=CC#N.NCCCN(Cc1ccccn1)Cc1ccccn1.O=C(COC1C#CCCCCC1)NCCCN(Cc1ccccn1)Cc1ccccn1.[C-]#[N+]CCN(Cc1ccccn1)Cc1ccccn1.c1ccc(CNCc2ccccn2)nc1. The maximum atomic E-state index is 12.1. The number of nitrogens with zero attached hydrogens (tertiary/aromatic N) is 13. The van der Waals surface area contributed by atoms with Crippen LogP contribution in [0.5, 0.6) is 0 Å². The molecule has 0 bridgehead atoms. The Morgan fingerprint density at radius 2 is 0.943 bits per heavy atom. The molecule has 0 aliphatic heterocycles. The van der Waals surface area contributed by atoms with Crippen LogP contribution in [0, 0.1) is 29.7 Å². The zero-order valence-electron chi connectivity index (χ0n) is 50.6. The van der Waals surface area contributed by atoms with Crippen molar-refractivity contribution in [1.29, 1.82) is 5.26 Å². The summed E-state index contributed by atoms with van der Waals surface area (Å²) < 4.78 is 5.70. The Morgan fingerprint density at radius 1 is 0.580 bits per heavy atom. The third-order valence-corrected chi connectivity index (χ3v) is 13.0. The molecule has 1 aliphatic carbocycles. The van der Waals surface area contributed by atoms with Crippen LogP contribution in [0.2, 0.25) is 0 Å². The summed E-state index contributed by atoms with van der Waals surface area (Å²) in [5, 5.41) is 13.8. The van der Waals surface area contributed by atoms with E-state index in [-0.39, 0.29) is 18.6 Å². The molecule has 88 heavy (non-hydrogen) atoms. The van der Waals surface area contributed by atoms with Gasteiger partial charge in [0.2, 0.25) is 12.5 Å². The molecule has 0 fully saturated rings. The Bertz CT molecular complexity index is 3010. The number of allylic oxidation sites excluding steroid dienone is 1. The Morgan fingerprint density at radius 3 is 1.28 bits per heavy atom. The normalized spacial score (nSPS) is 12.1. The molecule has 0 saturated heterocycles. The Labute approximate surface area is 521 Å². The highest BCUT2D eigenvalue weighted by Crippen LogP contribution is 2.13. The average molecular weight is 1180 g/mol. The third-order valence-electron chi connectivity index (χ3n) is 13.0. The van der Waals surface area contributed by atoms with Gasteiger partial charge in [0.15, 0.2) is 0 Å². The van der Waals surface area contributed by atoms with Gasteiger partial charge in [-0.3, -0.25) is 59.4 Å². The molecule has 1 aliphatic rings. The summed E-state index contributed by atoms with van der Waals surface area (Å²) in [5.74, 6) is 6.20. The van der Waals surface area contributed by atoms with Crippen molar-refractivity contribution in [2.24, 2.45) is 5.73 Å². The smallest absolute Gasteiger partial charge is 0.246 e. The van der Waals surface area contributed by atoms with E-state index in [1.54, 1.807) is 30.9 Å². The summed E-state index contributed by atoms with van der Waals surface area (Å²) in [6, 6.07) is 49.2. The van der Waals surface area contributed by atoms with E-state index in [1.807, 2.05) is 170 Å². The monoisotopic (exact) mass is 1180 g/mol. The summed E-state index contributed by atoms with van der Waals surface area (Å²) in [6.45, 7) is 20.7. The van der Waals surface area contributed by atoms with Gasteiger partial charge in [-0.1, -0.05) is 67.5 Å². The molecule has 8 aromatic heterocycles. The Hall–Kier alpha value is -9.29. The summed E-state index contributed by atoms with van der Waals surface area (Å²) in [7, 11) is 0. The molecule has 1 unspecified atom stereocenters. The van der Waals surface area contributed by atoms with Crippen LogP contribution >= 0.6 is 0 Å². The fourth-order valence-corrected chi connectivity index (χ4v) is 8.66. The van der Waals surface area contributed by atoms with E-state index in [9.17, 15) is 4.79 Å². The molecular weight excluding hydrogens is 1100 g/mol. The van der Waals surface area contributed by atoms with E-state index >= 15 is 0 Å². The van der Waals surface area contributed by atoms with Gasteiger partial charge in [0.25, 0.3) is 0 Å². The van der Waals surface area contributed by atoms with Gasteiger partial charge in [-0.2, -0.15) is 5.26 Å². The molecule has 0 spiro atoms. The van der Waals surface area contributed by atoms with Gasteiger partial charge in [-0.15, -0.1) is 5.92 Å². The maximum absolute atomic E-state index is 12.1. The van der Waals surface area contributed by atoms with Crippen molar-refractivity contribution in [3.8, 4) is 17.9 Å². The fraction of sp³-hybridized carbons (Fsp3) is 0.329. The van der Waals surface area contributed by atoms with Crippen LogP contribution in [0.25, 0.3) is 4.85 Å². The first-order valence-electron chi connectivity index (χ1n) is 29.9. The van der Waals surface area contributed by atoms with E-state index in [2.05, 4.69) is 88.5 Å². The van der Waals surface area contributed by atoms with Crippen molar-refractivity contribution >= 4 is 5.91 Å². The second-order valence-electron chi connectivity index (χ2n) is 20.1. The second kappa shape index (κ2) is 46.0. The highest BCUT2D eigenvalue weighted by Gasteiger charge is 2.14. The largest absolute Gasteiger partial charge is 0.356 e. The van der Waals surface area contributed by atoms with E-state index in [1.165, 1.54) is 12.5 Å². The topological polar surface area (TPSA) is 217 Å². The molecule has 1 atom stereocenters. The number of pyridine rings is 8. The van der Waals surface area contributed by atoms with Crippen LogP contribution in [-0.4, -0.2) is 112 Å². The number of carbonyl (C=O) groups is 1. The molecule has 9 rings (SSSR count). The number of carbonyl (C=O) groups excluding carboxylic acids is 1. The molecule has 0 saturated carbocycles. The summed E-state index contributed by atoms with van der Waals surface area (Å²) in [6.07, 6.45) is 22.7. The summed E-state index contributed by atoms with van der Waals surface area (Å²) in [5.41, 5.74) is 13.9. The number of nitriles is 1. The van der Waals surface area contributed by atoms with E-state index in [0.717, 1.165) is 156 Å². The van der Waals surface area contributed by atoms with Gasteiger partial charge >= 0.3 is 0 Å². The summed E-state index contributed by atoms with van der Waals surface area (Å²) >= 11 is 0. The van der Waals surface area contributed by atoms with Crippen LogP contribution in [0.1, 0.15) is 90.5 Å². The highest BCUT2D eigenvalue weighted by atomic mass is 16.5. The minimum atomic E-state index is -0.113. The van der Waals surface area contributed by atoms with Crippen LogP contribution in [-0.2, 0) is 61.9 Å². The third kappa shape index (κ3) is 32.8. The van der Waals surface area contributed by atoms with Gasteiger partial charge in [0.1, 0.15) is 12.7 Å². The molecule has 18 heteroatoms. The number of nitrogens with two attached hydrogens (primary N) is 1. The Kier molecular flexibility index (Phi) is 36.3. The van der Waals surface area contributed by atoms with E-state index in [0.29, 0.717) is 19.6 Å². The molecule has 4 N–H and O–H groups in total. The second-order valence-corrected chi connectivity index (χ2v) is 20.1. The van der Waals surface area contributed by atoms with Gasteiger partial charge in [0, 0.05) is 134 Å². The predicted octanol–water partition coefficient (Wildman–Crippen LogP) is 10.0. The lowest BCUT2D eigenvalue weighted by molar-refractivity contribution is -0.126. The fourth-order valence-electron chi connectivity index (χ4n) is 8.66. The standard InChI is InChI=1S/C25H32N4O2.C15H16N4.C15H20N4.C12H13N3.C3H3N/c30-25(21-31-24-13-4-2-1-3-5-14-24)28-17-10-18-29(19-22-11-6-8-15-26-22)20-23-12-7-9-16-27-23;1-16-10-11-19(12-14-6-2-4-8-17-14)13-15-7-3-5-9-18-15;16-8-5-11-19(12-14-6-1-3-9-17-14)13-15-7-2-4-10-18-15;1-3-7-14-11(5-1)9-13-10-12-6-2-4-8-15-12;1-2-3-4/h6-9,11-12,15-16,24H,1-4,10,13,17-21H2,(H,28,30);2-9H,10-13H2;1-4,6-7,9-10H,5,8,11-13,16H2;1-8,13H,9-10H2;2H,1H2. The van der Waals surface area contributed by atoms with Gasteiger partial charge < -0.3 is 25.9 Å². The number of aromatic nitrogens is 8. The molecule has 0 aromatic carbocycles. The zero-order valence-corrected chi connectivity index (χ0v) is 50.6. The van der Waals surface area contributed by atoms with Crippen LogP contribution in [0.3, 0.4) is 0 Å². The first kappa shape index (κ1) is 69.5. The first-order chi connectivity index (χ1) is 43.4. The lowest BCUT2D eigenvalue weighted by atomic mass is 10.1. The Balaban J connectivity index is 0.000000217.